The average Bonchev–Trinajstić information content (AvgIpc) is 2.28. The summed E-state index contributed by atoms with van der Waals surface area (Å²) in [7, 11) is -1.61. The summed E-state index contributed by atoms with van der Waals surface area (Å²) < 4.78 is 24.5. The highest BCUT2D eigenvalue weighted by Crippen LogP contribution is 2.18. The van der Waals surface area contributed by atoms with Crippen molar-refractivity contribution in [1.82, 2.24) is 9.21 Å². The number of rotatable bonds is 4. The minimum absolute atomic E-state index is 0.122. The predicted octanol–water partition coefficient (Wildman–Crippen LogP) is 0.929. The highest BCUT2D eigenvalue weighted by atomic mass is 35.5. The summed E-state index contributed by atoms with van der Waals surface area (Å²) in [5, 5.41) is -0.322. The van der Waals surface area contributed by atoms with Gasteiger partial charge in [0.25, 0.3) is 0 Å². The SMILES string of the molecule is CCN1CCC(N(C)S(=O)(=O)CCl)CC1. The summed E-state index contributed by atoms with van der Waals surface area (Å²) in [5.41, 5.74) is 0. The first-order valence-electron chi connectivity index (χ1n) is 5.25. The van der Waals surface area contributed by atoms with Gasteiger partial charge in [0.1, 0.15) is 5.21 Å². The number of piperidine rings is 1. The molecule has 0 spiro atoms. The van der Waals surface area contributed by atoms with E-state index in [0.29, 0.717) is 0 Å². The second kappa shape index (κ2) is 5.48. The first-order valence-corrected chi connectivity index (χ1v) is 7.39. The van der Waals surface area contributed by atoms with E-state index in [2.05, 4.69) is 11.8 Å². The number of alkyl halides is 1. The van der Waals surface area contributed by atoms with Crippen molar-refractivity contribution < 1.29 is 8.42 Å². The minimum Gasteiger partial charge on any atom is -0.303 e. The monoisotopic (exact) mass is 254 g/mol. The van der Waals surface area contributed by atoms with Crippen LogP contribution in [0.15, 0.2) is 0 Å². The molecule has 90 valence electrons. The second-order valence-electron chi connectivity index (χ2n) is 3.90. The lowest BCUT2D eigenvalue weighted by Gasteiger charge is -2.35. The molecule has 1 saturated heterocycles. The van der Waals surface area contributed by atoms with Crippen molar-refractivity contribution in [2.45, 2.75) is 25.8 Å². The number of hydrogen-bond donors (Lipinski definition) is 0. The smallest absolute Gasteiger partial charge is 0.228 e. The zero-order chi connectivity index (χ0) is 11.5. The van der Waals surface area contributed by atoms with Gasteiger partial charge < -0.3 is 4.90 Å². The summed E-state index contributed by atoms with van der Waals surface area (Å²) in [6.07, 6.45) is 1.81. The molecule has 0 bridgehead atoms. The lowest BCUT2D eigenvalue weighted by atomic mass is 10.1. The molecule has 1 rings (SSSR count). The standard InChI is InChI=1S/C9H19ClN2O2S/c1-3-12-6-4-9(5-7-12)11(2)15(13,14)8-10/h9H,3-8H2,1-2H3. The molecule has 4 nitrogen and oxygen atoms in total. The maximum Gasteiger partial charge on any atom is 0.228 e. The number of likely N-dealkylation sites (tertiary alicyclic amines) is 1. The van der Waals surface area contributed by atoms with Crippen LogP contribution in [0, 0.1) is 0 Å². The highest BCUT2D eigenvalue weighted by molar-refractivity contribution is 7.90. The summed E-state index contributed by atoms with van der Waals surface area (Å²) in [6, 6.07) is 0.122. The maximum absolute atomic E-state index is 11.5. The van der Waals surface area contributed by atoms with Crippen LogP contribution in [0.1, 0.15) is 19.8 Å². The van der Waals surface area contributed by atoms with Gasteiger partial charge in [0.05, 0.1) is 0 Å². The van der Waals surface area contributed by atoms with E-state index in [1.807, 2.05) is 0 Å². The lowest BCUT2D eigenvalue weighted by Crippen LogP contribution is -2.45. The molecule has 0 unspecified atom stereocenters. The Bertz CT molecular complexity index is 286. The Balaban J connectivity index is 2.53. The third kappa shape index (κ3) is 3.31. The van der Waals surface area contributed by atoms with E-state index >= 15 is 0 Å². The molecule has 0 amide bonds. The normalized spacial score (nSPS) is 21.1. The van der Waals surface area contributed by atoms with Crippen molar-refractivity contribution >= 4 is 21.6 Å². The maximum atomic E-state index is 11.5. The fraction of sp³-hybridized carbons (Fsp3) is 1.00. The number of hydrogen-bond acceptors (Lipinski definition) is 3. The van der Waals surface area contributed by atoms with Gasteiger partial charge in [-0.05, 0) is 32.5 Å². The predicted molar refractivity (Wildman–Crippen MR) is 62.5 cm³/mol. The van der Waals surface area contributed by atoms with Gasteiger partial charge in [-0.15, -0.1) is 11.6 Å². The van der Waals surface area contributed by atoms with Crippen LogP contribution in [0.2, 0.25) is 0 Å². The van der Waals surface area contributed by atoms with Crippen molar-refractivity contribution in [3.8, 4) is 0 Å². The molecule has 6 heteroatoms. The van der Waals surface area contributed by atoms with Crippen LogP contribution in [0.4, 0.5) is 0 Å². The Morgan fingerprint density at radius 3 is 2.33 bits per heavy atom. The summed E-state index contributed by atoms with van der Waals surface area (Å²) in [5.74, 6) is 0. The van der Waals surface area contributed by atoms with Crippen LogP contribution in [-0.2, 0) is 10.0 Å². The molecule has 0 N–H and O–H groups in total. The van der Waals surface area contributed by atoms with Crippen LogP contribution >= 0.6 is 11.6 Å². The Kier molecular flexibility index (Phi) is 4.83. The molecular formula is C9H19ClN2O2S. The summed E-state index contributed by atoms with van der Waals surface area (Å²) >= 11 is 5.42. The topological polar surface area (TPSA) is 40.6 Å². The summed E-state index contributed by atoms with van der Waals surface area (Å²) in [6.45, 7) is 5.12. The van der Waals surface area contributed by atoms with Crippen LogP contribution in [-0.4, -0.2) is 55.6 Å². The van der Waals surface area contributed by atoms with Gasteiger partial charge in [-0.2, -0.15) is 0 Å². The summed E-state index contributed by atoms with van der Waals surface area (Å²) in [4.78, 5) is 2.33. The molecule has 0 radical (unpaired) electrons. The van der Waals surface area contributed by atoms with Crippen molar-refractivity contribution in [3.05, 3.63) is 0 Å². The lowest BCUT2D eigenvalue weighted by molar-refractivity contribution is 0.177. The van der Waals surface area contributed by atoms with Crippen LogP contribution in [0.25, 0.3) is 0 Å². The Labute approximate surface area is 97.2 Å². The van der Waals surface area contributed by atoms with Gasteiger partial charge >= 0.3 is 0 Å². The van der Waals surface area contributed by atoms with Crippen LogP contribution in [0.3, 0.4) is 0 Å². The molecule has 1 aliphatic heterocycles. The van der Waals surface area contributed by atoms with Crippen molar-refractivity contribution in [2.75, 3.05) is 31.9 Å². The molecule has 0 aromatic rings. The fourth-order valence-electron chi connectivity index (χ4n) is 1.90. The zero-order valence-electron chi connectivity index (χ0n) is 9.32. The molecule has 0 aromatic carbocycles. The van der Waals surface area contributed by atoms with Crippen LogP contribution < -0.4 is 0 Å². The van der Waals surface area contributed by atoms with E-state index in [1.165, 1.54) is 4.31 Å². The van der Waals surface area contributed by atoms with E-state index < -0.39 is 10.0 Å². The first kappa shape index (κ1) is 13.2. The highest BCUT2D eigenvalue weighted by Gasteiger charge is 2.28. The third-order valence-corrected chi connectivity index (χ3v) is 5.37. The molecule has 15 heavy (non-hydrogen) atoms. The van der Waals surface area contributed by atoms with Gasteiger partial charge in [0.15, 0.2) is 0 Å². The number of halogens is 1. The number of sulfonamides is 1. The molecule has 0 saturated carbocycles. The first-order chi connectivity index (χ1) is 7.01. The van der Waals surface area contributed by atoms with Gasteiger partial charge in [-0.3, -0.25) is 0 Å². The molecular weight excluding hydrogens is 236 g/mol. The molecule has 1 fully saturated rings. The van der Waals surface area contributed by atoms with Crippen molar-refractivity contribution in [3.63, 3.8) is 0 Å². The van der Waals surface area contributed by atoms with Gasteiger partial charge in [0.2, 0.25) is 10.0 Å². The Morgan fingerprint density at radius 1 is 1.40 bits per heavy atom. The molecule has 0 aromatic heterocycles. The van der Waals surface area contributed by atoms with Crippen molar-refractivity contribution in [2.24, 2.45) is 0 Å². The van der Waals surface area contributed by atoms with E-state index in [1.54, 1.807) is 7.05 Å². The number of nitrogens with zero attached hydrogens (tertiary/aromatic N) is 2. The molecule has 1 heterocycles. The van der Waals surface area contributed by atoms with Gasteiger partial charge in [0, 0.05) is 13.1 Å². The molecule has 0 atom stereocenters. The molecule has 0 aliphatic carbocycles. The van der Waals surface area contributed by atoms with Gasteiger partial charge in [-0.1, -0.05) is 6.92 Å². The van der Waals surface area contributed by atoms with E-state index in [9.17, 15) is 8.42 Å². The zero-order valence-corrected chi connectivity index (χ0v) is 10.9. The molecule has 1 aliphatic rings. The van der Waals surface area contributed by atoms with E-state index in [0.717, 1.165) is 32.5 Å². The average molecular weight is 255 g/mol. The largest absolute Gasteiger partial charge is 0.303 e. The minimum atomic E-state index is -3.24. The Hall–Kier alpha value is 0.160. The third-order valence-electron chi connectivity index (χ3n) is 3.10. The second-order valence-corrected chi connectivity index (χ2v) is 6.52. The fourth-order valence-corrected chi connectivity index (χ4v) is 3.18. The van der Waals surface area contributed by atoms with E-state index in [4.69, 9.17) is 11.6 Å². The van der Waals surface area contributed by atoms with E-state index in [-0.39, 0.29) is 11.3 Å². The van der Waals surface area contributed by atoms with Gasteiger partial charge in [-0.25, -0.2) is 12.7 Å². The quantitative estimate of drug-likeness (QED) is 0.701. The Morgan fingerprint density at radius 2 is 1.93 bits per heavy atom. The van der Waals surface area contributed by atoms with Crippen LogP contribution in [0.5, 0.6) is 0 Å². The van der Waals surface area contributed by atoms with Crippen molar-refractivity contribution in [1.29, 1.82) is 0 Å².